The summed E-state index contributed by atoms with van der Waals surface area (Å²) in [5.74, 6) is 0.222. The third-order valence-electron chi connectivity index (χ3n) is 3.72. The van der Waals surface area contributed by atoms with Crippen molar-refractivity contribution in [3.05, 3.63) is 45.6 Å². The Kier molecular flexibility index (Phi) is 4.04. The first kappa shape index (κ1) is 14.9. The van der Waals surface area contributed by atoms with Crippen molar-refractivity contribution in [2.24, 2.45) is 5.92 Å². The van der Waals surface area contributed by atoms with Crippen LogP contribution in [-0.2, 0) is 11.2 Å². The molecule has 2 atom stereocenters. The second-order valence-electron chi connectivity index (χ2n) is 5.20. The third kappa shape index (κ3) is 2.80. The topological polar surface area (TPSA) is 76.0 Å². The van der Waals surface area contributed by atoms with Crippen LogP contribution in [0.15, 0.2) is 30.3 Å². The molecule has 5 nitrogen and oxygen atoms in total. The van der Waals surface area contributed by atoms with Gasteiger partial charge in [0.1, 0.15) is 16.4 Å². The Balaban J connectivity index is 1.76. The number of hydrogen-bond donors (Lipinski definition) is 2. The number of esters is 1. The van der Waals surface area contributed by atoms with E-state index in [1.807, 2.05) is 6.07 Å². The summed E-state index contributed by atoms with van der Waals surface area (Å²) in [7, 11) is 1.35. The van der Waals surface area contributed by atoms with Crippen molar-refractivity contribution in [1.29, 1.82) is 0 Å². The monoisotopic (exact) mass is 320 g/mol. The minimum absolute atomic E-state index is 0.103. The Labute approximate surface area is 131 Å². The molecule has 22 heavy (non-hydrogen) atoms. The van der Waals surface area contributed by atoms with E-state index in [-0.39, 0.29) is 17.6 Å². The third-order valence-corrected chi connectivity index (χ3v) is 4.81. The smallest absolute Gasteiger partial charge is 0.348 e. The molecule has 0 spiro atoms. The average molecular weight is 320 g/mol. The Bertz CT molecular complexity index is 694. The summed E-state index contributed by atoms with van der Waals surface area (Å²) in [6, 6.07) is 8.31. The van der Waals surface area contributed by atoms with Crippen molar-refractivity contribution >= 4 is 17.3 Å². The van der Waals surface area contributed by atoms with Crippen LogP contribution in [0, 0.1) is 5.92 Å². The Morgan fingerprint density at radius 2 is 2.23 bits per heavy atom. The molecule has 1 aliphatic rings. The van der Waals surface area contributed by atoms with Crippen LogP contribution in [-0.4, -0.2) is 29.9 Å². The van der Waals surface area contributed by atoms with E-state index in [1.54, 1.807) is 12.1 Å². The van der Waals surface area contributed by atoms with Crippen molar-refractivity contribution in [2.75, 3.05) is 13.7 Å². The highest BCUT2D eigenvalue weighted by Gasteiger charge is 2.30. The van der Waals surface area contributed by atoms with E-state index >= 15 is 0 Å². The maximum absolute atomic E-state index is 11.5. The van der Waals surface area contributed by atoms with E-state index in [2.05, 4.69) is 4.74 Å². The lowest BCUT2D eigenvalue weighted by Gasteiger charge is -2.30. The maximum Gasteiger partial charge on any atom is 0.348 e. The quantitative estimate of drug-likeness (QED) is 0.850. The fourth-order valence-electron chi connectivity index (χ4n) is 2.57. The number of hydrogen-bond acceptors (Lipinski definition) is 6. The van der Waals surface area contributed by atoms with Crippen LogP contribution >= 0.6 is 11.3 Å². The number of aliphatic hydroxyl groups excluding tert-OH is 1. The fraction of sp³-hybridized carbons (Fsp3) is 0.312. The highest BCUT2D eigenvalue weighted by atomic mass is 32.1. The molecule has 0 radical (unpaired) electrons. The molecular formula is C16H16O5S. The summed E-state index contributed by atoms with van der Waals surface area (Å²) in [5, 5.41) is 20.0. The van der Waals surface area contributed by atoms with Crippen LogP contribution in [0.4, 0.5) is 0 Å². The molecule has 0 saturated heterocycles. The minimum Gasteiger partial charge on any atom is -0.508 e. The van der Waals surface area contributed by atoms with Crippen LogP contribution in [0.3, 0.4) is 0 Å². The molecule has 0 fully saturated rings. The van der Waals surface area contributed by atoms with E-state index in [4.69, 9.17) is 4.74 Å². The molecule has 0 amide bonds. The number of benzene rings is 1. The molecular weight excluding hydrogens is 304 g/mol. The molecule has 0 aliphatic carbocycles. The minimum atomic E-state index is -0.709. The van der Waals surface area contributed by atoms with Gasteiger partial charge >= 0.3 is 5.97 Å². The van der Waals surface area contributed by atoms with Gasteiger partial charge < -0.3 is 19.7 Å². The normalized spacial score (nSPS) is 20.1. The highest BCUT2D eigenvalue weighted by molar-refractivity contribution is 7.13. The Morgan fingerprint density at radius 1 is 1.41 bits per heavy atom. The molecule has 0 bridgehead atoms. The van der Waals surface area contributed by atoms with Crippen LogP contribution in [0.1, 0.15) is 26.2 Å². The van der Waals surface area contributed by atoms with Gasteiger partial charge in [-0.3, -0.25) is 0 Å². The molecule has 6 heteroatoms. The number of fused-ring (bicyclic) bond motifs is 1. The summed E-state index contributed by atoms with van der Waals surface area (Å²) in [5.41, 5.74) is 0.598. The lowest BCUT2D eigenvalue weighted by molar-refractivity contribution is 0.0509. The lowest BCUT2D eigenvalue weighted by Crippen LogP contribution is -2.27. The zero-order valence-corrected chi connectivity index (χ0v) is 12.8. The first-order valence-corrected chi connectivity index (χ1v) is 7.71. The van der Waals surface area contributed by atoms with Crippen molar-refractivity contribution < 1.29 is 24.5 Å². The second-order valence-corrected chi connectivity index (χ2v) is 6.37. The summed E-state index contributed by atoms with van der Waals surface area (Å²) >= 11 is 1.36. The second kappa shape index (κ2) is 5.98. The molecule has 2 N–H and O–H groups in total. The number of ether oxygens (including phenoxy) is 2. The molecule has 3 rings (SSSR count). The van der Waals surface area contributed by atoms with E-state index in [9.17, 15) is 15.0 Å². The predicted octanol–water partition coefficient (Wildman–Crippen LogP) is 2.53. The Morgan fingerprint density at radius 3 is 3.00 bits per heavy atom. The van der Waals surface area contributed by atoms with Crippen molar-refractivity contribution in [3.8, 4) is 11.5 Å². The number of phenolic OH excluding ortho intramolecular Hbond substituents is 1. The summed E-state index contributed by atoms with van der Waals surface area (Å²) < 4.78 is 10.3. The number of thiophene rings is 1. The van der Waals surface area contributed by atoms with Gasteiger partial charge in [-0.25, -0.2) is 4.79 Å². The molecule has 1 aromatic carbocycles. The van der Waals surface area contributed by atoms with Crippen molar-refractivity contribution in [3.63, 3.8) is 0 Å². The van der Waals surface area contributed by atoms with Crippen LogP contribution < -0.4 is 4.74 Å². The lowest BCUT2D eigenvalue weighted by atomic mass is 9.90. The summed E-state index contributed by atoms with van der Waals surface area (Å²) in [6.45, 7) is 0.393. The number of aromatic hydroxyl groups is 1. The van der Waals surface area contributed by atoms with E-state index in [1.165, 1.54) is 30.6 Å². The zero-order valence-electron chi connectivity index (χ0n) is 12.0. The average Bonchev–Trinajstić information content (AvgIpc) is 2.98. The number of phenols is 1. The van der Waals surface area contributed by atoms with Crippen LogP contribution in [0.2, 0.25) is 0 Å². The van der Waals surface area contributed by atoms with Gasteiger partial charge in [-0.05, 0) is 36.8 Å². The van der Waals surface area contributed by atoms with Crippen molar-refractivity contribution in [2.45, 2.75) is 12.5 Å². The zero-order chi connectivity index (χ0) is 15.7. The number of methoxy groups -OCH3 is 1. The molecule has 1 aromatic heterocycles. The number of rotatable bonds is 3. The van der Waals surface area contributed by atoms with Gasteiger partial charge in [-0.2, -0.15) is 0 Å². The first-order valence-electron chi connectivity index (χ1n) is 6.89. The van der Waals surface area contributed by atoms with Crippen molar-refractivity contribution in [1.82, 2.24) is 0 Å². The predicted molar refractivity (Wildman–Crippen MR) is 81.4 cm³/mol. The van der Waals surface area contributed by atoms with E-state index < -0.39 is 6.10 Å². The Hall–Kier alpha value is -2.05. The SMILES string of the molecule is COC(=O)c1ccc(CC2COc3ccc(O)cc3C2O)s1. The van der Waals surface area contributed by atoms with Gasteiger partial charge in [-0.15, -0.1) is 11.3 Å². The van der Waals surface area contributed by atoms with Crippen LogP contribution in [0.25, 0.3) is 0 Å². The van der Waals surface area contributed by atoms with Gasteiger partial charge in [0, 0.05) is 16.4 Å². The largest absolute Gasteiger partial charge is 0.508 e. The number of carbonyl (C=O) groups excluding carboxylic acids is 1. The molecule has 1 aliphatic heterocycles. The molecule has 2 aromatic rings. The van der Waals surface area contributed by atoms with Gasteiger partial charge in [-0.1, -0.05) is 0 Å². The van der Waals surface area contributed by atoms with Gasteiger partial charge in [0.25, 0.3) is 0 Å². The molecule has 2 heterocycles. The number of aliphatic hydroxyl groups is 1. The molecule has 116 valence electrons. The first-order chi connectivity index (χ1) is 10.6. The van der Waals surface area contributed by atoms with Crippen LogP contribution in [0.5, 0.6) is 11.5 Å². The standard InChI is InChI=1S/C16H16O5S/c1-20-16(19)14-5-3-11(22-14)6-9-8-21-13-4-2-10(17)7-12(13)15(9)18/h2-5,7,9,15,17-18H,6,8H2,1H3. The van der Waals surface area contributed by atoms with E-state index in [0.29, 0.717) is 29.2 Å². The summed E-state index contributed by atoms with van der Waals surface area (Å²) in [6.07, 6.45) is -0.114. The highest BCUT2D eigenvalue weighted by Crippen LogP contribution is 2.39. The van der Waals surface area contributed by atoms with Gasteiger partial charge in [0.15, 0.2) is 0 Å². The summed E-state index contributed by atoms with van der Waals surface area (Å²) in [4.78, 5) is 13.0. The fourth-order valence-corrected chi connectivity index (χ4v) is 3.59. The van der Waals surface area contributed by atoms with Gasteiger partial charge in [0.05, 0.1) is 19.8 Å². The van der Waals surface area contributed by atoms with E-state index in [0.717, 1.165) is 4.88 Å². The molecule has 2 unspecified atom stereocenters. The van der Waals surface area contributed by atoms with Gasteiger partial charge in [0.2, 0.25) is 0 Å². The maximum atomic E-state index is 11.5. The number of carbonyl (C=O) groups is 1. The molecule has 0 saturated carbocycles.